The van der Waals surface area contributed by atoms with Gasteiger partial charge in [-0.25, -0.2) is 8.42 Å². The van der Waals surface area contributed by atoms with Gasteiger partial charge in [-0.05, 0) is 53.6 Å². The third kappa shape index (κ3) is 3.14. The highest BCUT2D eigenvalue weighted by atomic mass is 32.2. The third-order valence-electron chi connectivity index (χ3n) is 5.15. The van der Waals surface area contributed by atoms with Crippen LogP contribution in [0.3, 0.4) is 0 Å². The van der Waals surface area contributed by atoms with Crippen LogP contribution in [0.25, 0.3) is 33.2 Å². The summed E-state index contributed by atoms with van der Waals surface area (Å²) in [4.78, 5) is 7.83. The van der Waals surface area contributed by atoms with Crippen molar-refractivity contribution >= 4 is 32.1 Å². The van der Waals surface area contributed by atoms with Gasteiger partial charge in [-0.2, -0.15) is 11.3 Å². The van der Waals surface area contributed by atoms with Gasteiger partial charge in [-0.3, -0.25) is 4.98 Å². The maximum Gasteiger partial charge on any atom is 0.222 e. The molecule has 4 nitrogen and oxygen atoms in total. The van der Waals surface area contributed by atoms with Gasteiger partial charge in [0.1, 0.15) is 5.03 Å². The summed E-state index contributed by atoms with van der Waals surface area (Å²) in [6.07, 6.45) is 3.52. The first kappa shape index (κ1) is 18.8. The molecule has 0 bridgehead atoms. The molecule has 0 atom stereocenters. The van der Waals surface area contributed by atoms with Crippen LogP contribution in [0.2, 0.25) is 0 Å². The van der Waals surface area contributed by atoms with E-state index in [0.717, 1.165) is 33.2 Å². The van der Waals surface area contributed by atoms with Crippen molar-refractivity contribution in [2.75, 3.05) is 0 Å². The molecule has 6 heteroatoms. The molecule has 1 N–H and O–H groups in total. The number of aryl methyl sites for hydroxylation is 1. The normalized spacial score (nSPS) is 11.8. The summed E-state index contributed by atoms with van der Waals surface area (Å²) >= 11 is 1.62. The van der Waals surface area contributed by atoms with Crippen LogP contribution in [0.4, 0.5) is 0 Å². The fourth-order valence-corrected chi connectivity index (χ4v) is 5.74. The molecule has 3 heterocycles. The largest absolute Gasteiger partial charge is 0.345 e. The fourth-order valence-electron chi connectivity index (χ4n) is 3.60. The van der Waals surface area contributed by atoms with E-state index in [4.69, 9.17) is 0 Å². The highest BCUT2D eigenvalue weighted by Crippen LogP contribution is 2.38. The van der Waals surface area contributed by atoms with Crippen molar-refractivity contribution < 1.29 is 8.42 Å². The Morgan fingerprint density at radius 2 is 1.67 bits per heavy atom. The van der Waals surface area contributed by atoms with Crippen LogP contribution >= 0.6 is 11.3 Å². The molecule has 148 valence electrons. The predicted molar refractivity (Wildman–Crippen MR) is 121 cm³/mol. The molecule has 3 aromatic heterocycles. The molecule has 5 aromatic rings. The molecular weight excluding hydrogens is 412 g/mol. The molecule has 0 radical (unpaired) electrons. The summed E-state index contributed by atoms with van der Waals surface area (Å²) in [6, 6.07) is 18.6. The average molecular weight is 431 g/mol. The first-order chi connectivity index (χ1) is 14.5. The fraction of sp³-hybridized carbons (Fsp3) is 0.0417. The maximum absolute atomic E-state index is 13.6. The molecule has 0 amide bonds. The smallest absolute Gasteiger partial charge is 0.222 e. The highest BCUT2D eigenvalue weighted by molar-refractivity contribution is 7.91. The second-order valence-corrected chi connectivity index (χ2v) is 9.83. The molecule has 2 aromatic carbocycles. The van der Waals surface area contributed by atoms with Crippen molar-refractivity contribution in [3.05, 3.63) is 89.4 Å². The first-order valence-electron chi connectivity index (χ1n) is 9.44. The van der Waals surface area contributed by atoms with Crippen molar-refractivity contribution in [2.24, 2.45) is 0 Å². The molecule has 30 heavy (non-hydrogen) atoms. The molecule has 0 aliphatic carbocycles. The van der Waals surface area contributed by atoms with Crippen LogP contribution in [0.1, 0.15) is 5.56 Å². The number of sulfone groups is 1. The van der Waals surface area contributed by atoms with E-state index in [0.29, 0.717) is 5.56 Å². The van der Waals surface area contributed by atoms with Crippen molar-refractivity contribution in [3.63, 3.8) is 0 Å². The van der Waals surface area contributed by atoms with Crippen LogP contribution < -0.4 is 0 Å². The molecule has 5 rings (SSSR count). The summed E-state index contributed by atoms with van der Waals surface area (Å²) in [5.74, 6) is 0. The van der Waals surface area contributed by atoms with Crippen LogP contribution in [0, 0.1) is 6.92 Å². The van der Waals surface area contributed by atoms with Gasteiger partial charge >= 0.3 is 0 Å². The van der Waals surface area contributed by atoms with E-state index in [1.54, 1.807) is 35.9 Å². The number of benzene rings is 2. The number of rotatable bonds is 4. The summed E-state index contributed by atoms with van der Waals surface area (Å²) in [5, 5.41) is 5.12. The Morgan fingerprint density at radius 1 is 0.900 bits per heavy atom. The zero-order valence-electron chi connectivity index (χ0n) is 16.2. The third-order valence-corrected chi connectivity index (χ3v) is 7.57. The standard InChI is InChI=1S/C24H18N2O2S2/c1-16-6-8-20(9-7-16)30(27,28)24-23(21-4-2-3-5-22(21)26-24)19-12-18(13-25-14-19)17-10-11-29-15-17/h2-15,26H,1H3. The number of aromatic nitrogens is 2. The Bertz CT molecular complexity index is 1450. The summed E-state index contributed by atoms with van der Waals surface area (Å²) in [7, 11) is -3.74. The Labute approximate surface area is 178 Å². The summed E-state index contributed by atoms with van der Waals surface area (Å²) in [6.45, 7) is 1.94. The summed E-state index contributed by atoms with van der Waals surface area (Å²) < 4.78 is 27.1. The van der Waals surface area contributed by atoms with E-state index in [9.17, 15) is 8.42 Å². The average Bonchev–Trinajstić information content (AvgIpc) is 3.43. The predicted octanol–water partition coefficient (Wildman–Crippen LogP) is 6.10. The lowest BCUT2D eigenvalue weighted by Gasteiger charge is -2.09. The second kappa shape index (κ2) is 7.23. The molecule has 0 saturated heterocycles. The van der Waals surface area contributed by atoms with Crippen LogP contribution in [0.15, 0.2) is 93.7 Å². The lowest BCUT2D eigenvalue weighted by Crippen LogP contribution is -2.04. The van der Waals surface area contributed by atoms with E-state index < -0.39 is 9.84 Å². The number of nitrogens with one attached hydrogen (secondary N) is 1. The van der Waals surface area contributed by atoms with Crippen molar-refractivity contribution in [1.82, 2.24) is 9.97 Å². The molecule has 0 spiro atoms. The van der Waals surface area contributed by atoms with E-state index in [2.05, 4.69) is 15.3 Å². The second-order valence-electron chi connectivity index (χ2n) is 7.17. The number of fused-ring (bicyclic) bond motifs is 1. The summed E-state index contributed by atoms with van der Waals surface area (Å²) in [5.41, 5.74) is 5.23. The molecule has 0 saturated carbocycles. The van der Waals surface area contributed by atoms with E-state index in [1.165, 1.54) is 0 Å². The minimum atomic E-state index is -3.74. The van der Waals surface area contributed by atoms with E-state index >= 15 is 0 Å². The Morgan fingerprint density at radius 3 is 2.43 bits per heavy atom. The van der Waals surface area contributed by atoms with Gasteiger partial charge in [-0.1, -0.05) is 35.9 Å². The number of nitrogens with zero attached hydrogens (tertiary/aromatic N) is 1. The van der Waals surface area contributed by atoms with Gasteiger partial charge in [0.15, 0.2) is 0 Å². The van der Waals surface area contributed by atoms with Crippen LogP contribution in [-0.2, 0) is 9.84 Å². The number of thiophene rings is 1. The number of H-pyrrole nitrogens is 1. The topological polar surface area (TPSA) is 62.8 Å². The van der Waals surface area contributed by atoms with Crippen molar-refractivity contribution in [3.8, 4) is 22.3 Å². The molecule has 0 fully saturated rings. The van der Waals surface area contributed by atoms with Gasteiger partial charge in [0.05, 0.1) is 4.90 Å². The van der Waals surface area contributed by atoms with Crippen LogP contribution in [-0.4, -0.2) is 18.4 Å². The number of hydrogen-bond acceptors (Lipinski definition) is 4. The quantitative estimate of drug-likeness (QED) is 0.375. The van der Waals surface area contributed by atoms with Crippen molar-refractivity contribution in [2.45, 2.75) is 16.8 Å². The molecular formula is C24H18N2O2S2. The molecule has 0 aliphatic rings. The monoisotopic (exact) mass is 430 g/mol. The number of hydrogen-bond donors (Lipinski definition) is 1. The van der Waals surface area contributed by atoms with Crippen molar-refractivity contribution in [1.29, 1.82) is 0 Å². The number of para-hydroxylation sites is 1. The Balaban J connectivity index is 1.77. The highest BCUT2D eigenvalue weighted by Gasteiger charge is 2.26. The lowest BCUT2D eigenvalue weighted by atomic mass is 10.0. The molecule has 0 aliphatic heterocycles. The van der Waals surface area contributed by atoms with Gasteiger partial charge in [0.2, 0.25) is 9.84 Å². The number of pyridine rings is 1. The lowest BCUT2D eigenvalue weighted by molar-refractivity contribution is 0.593. The minimum Gasteiger partial charge on any atom is -0.345 e. The Kier molecular flexibility index (Phi) is 4.53. The van der Waals surface area contributed by atoms with E-state index in [-0.39, 0.29) is 9.92 Å². The number of aromatic amines is 1. The van der Waals surface area contributed by atoms with Gasteiger partial charge in [0, 0.05) is 40.0 Å². The van der Waals surface area contributed by atoms with Gasteiger partial charge in [-0.15, -0.1) is 0 Å². The first-order valence-corrected chi connectivity index (χ1v) is 11.9. The maximum atomic E-state index is 13.6. The van der Waals surface area contributed by atoms with E-state index in [1.807, 2.05) is 60.8 Å². The van der Waals surface area contributed by atoms with Crippen LogP contribution in [0.5, 0.6) is 0 Å². The van der Waals surface area contributed by atoms with Gasteiger partial charge < -0.3 is 4.98 Å². The SMILES string of the molecule is Cc1ccc(S(=O)(=O)c2[nH]c3ccccc3c2-c2cncc(-c3ccsc3)c2)cc1. The zero-order valence-corrected chi connectivity index (χ0v) is 17.8. The molecule has 0 unspecified atom stereocenters. The van der Waals surface area contributed by atoms with Gasteiger partial charge in [0.25, 0.3) is 0 Å². The zero-order chi connectivity index (χ0) is 20.7. The Hall–Kier alpha value is -3.22. The minimum absolute atomic E-state index is 0.192.